The van der Waals surface area contributed by atoms with E-state index < -0.39 is 0 Å². The van der Waals surface area contributed by atoms with Gasteiger partial charge in [-0.3, -0.25) is 0 Å². The molecule has 2 heteroatoms. The zero-order chi connectivity index (χ0) is 20.1. The molecule has 0 bridgehead atoms. The van der Waals surface area contributed by atoms with E-state index in [0.29, 0.717) is 23.7 Å². The van der Waals surface area contributed by atoms with Crippen molar-refractivity contribution in [2.45, 2.75) is 79.1 Å². The van der Waals surface area contributed by atoms with Crippen LogP contribution in [-0.2, 0) is 0 Å². The van der Waals surface area contributed by atoms with E-state index in [0.717, 1.165) is 0 Å². The smallest absolute Gasteiger partial charge is 0.0131 e. The van der Waals surface area contributed by atoms with E-state index >= 15 is 0 Å². The quantitative estimate of drug-likeness (QED) is 0.466. The molecule has 2 rings (SSSR count). The van der Waals surface area contributed by atoms with Crippen LogP contribution in [0, 0.1) is 6.67 Å². The van der Waals surface area contributed by atoms with Crippen molar-refractivity contribution in [2.24, 2.45) is 0 Å². The van der Waals surface area contributed by atoms with Crippen LogP contribution in [0.4, 0.5) is 11.4 Å². The number of nitrogens with one attached hydrogen (secondary N) is 2. The van der Waals surface area contributed by atoms with Crippen LogP contribution in [0.1, 0.15) is 101 Å². The topological polar surface area (TPSA) is 24.1 Å². The molecule has 0 saturated heterocycles. The van der Waals surface area contributed by atoms with Crippen LogP contribution < -0.4 is 10.6 Å². The summed E-state index contributed by atoms with van der Waals surface area (Å²) in [6.07, 6.45) is 0. The monoisotopic (exact) mass is 365 g/mol. The highest BCUT2D eigenvalue weighted by molar-refractivity contribution is 5.65. The molecule has 0 aliphatic heterocycles. The minimum atomic E-state index is 0.480. The standard InChI is InChI=1S/C25H37N2/c1-16(2)20-11-9-12-21(17(3)4)24(20)26-15-27-25-22(18(5)6)13-10-14-23(25)19(7)8/h9-19,26-27H,1-8H3/q-1. The van der Waals surface area contributed by atoms with Gasteiger partial charge < -0.3 is 10.6 Å². The summed E-state index contributed by atoms with van der Waals surface area (Å²) in [7, 11) is 0. The normalized spacial score (nSPS) is 11.7. The highest BCUT2D eigenvalue weighted by Crippen LogP contribution is 2.35. The third-order valence-corrected chi connectivity index (χ3v) is 5.18. The summed E-state index contributed by atoms with van der Waals surface area (Å²) in [6, 6.07) is 13.3. The zero-order valence-electron chi connectivity index (χ0n) is 18.4. The van der Waals surface area contributed by atoms with Gasteiger partial charge in [0.25, 0.3) is 0 Å². The van der Waals surface area contributed by atoms with Crippen LogP contribution in [-0.4, -0.2) is 0 Å². The van der Waals surface area contributed by atoms with Crippen molar-refractivity contribution in [3.05, 3.63) is 65.3 Å². The summed E-state index contributed by atoms with van der Waals surface area (Å²) in [5, 5.41) is 7.18. The lowest BCUT2D eigenvalue weighted by Gasteiger charge is -2.30. The van der Waals surface area contributed by atoms with Crippen LogP contribution in [0.3, 0.4) is 0 Å². The fourth-order valence-corrected chi connectivity index (χ4v) is 3.62. The molecular weight excluding hydrogens is 328 g/mol. The summed E-state index contributed by atoms with van der Waals surface area (Å²) >= 11 is 0. The van der Waals surface area contributed by atoms with Crippen molar-refractivity contribution >= 4 is 11.4 Å². The minimum Gasteiger partial charge on any atom is -0.516 e. The molecule has 0 atom stereocenters. The molecule has 2 nitrogen and oxygen atoms in total. The maximum absolute atomic E-state index is 3.59. The Morgan fingerprint density at radius 2 is 0.778 bits per heavy atom. The van der Waals surface area contributed by atoms with Crippen LogP contribution in [0.15, 0.2) is 36.4 Å². The lowest BCUT2D eigenvalue weighted by molar-refractivity contribution is 0.833. The van der Waals surface area contributed by atoms with E-state index in [4.69, 9.17) is 0 Å². The van der Waals surface area contributed by atoms with Gasteiger partial charge in [-0.1, -0.05) is 91.8 Å². The van der Waals surface area contributed by atoms with E-state index in [1.807, 2.05) is 6.67 Å². The molecule has 0 aliphatic carbocycles. The van der Waals surface area contributed by atoms with Crippen molar-refractivity contribution < 1.29 is 0 Å². The molecule has 0 fully saturated rings. The van der Waals surface area contributed by atoms with Crippen molar-refractivity contribution in [2.75, 3.05) is 10.6 Å². The predicted molar refractivity (Wildman–Crippen MR) is 121 cm³/mol. The summed E-state index contributed by atoms with van der Waals surface area (Å²) in [4.78, 5) is 0. The van der Waals surface area contributed by atoms with Gasteiger partial charge in [-0.25, -0.2) is 0 Å². The fraction of sp³-hybridized carbons (Fsp3) is 0.480. The first-order valence-corrected chi connectivity index (χ1v) is 10.3. The van der Waals surface area contributed by atoms with Gasteiger partial charge in [-0.15, -0.1) is 0 Å². The van der Waals surface area contributed by atoms with Gasteiger partial charge in [-0.05, 0) is 45.9 Å². The highest BCUT2D eigenvalue weighted by Gasteiger charge is 2.13. The first kappa shape index (κ1) is 21.3. The Morgan fingerprint density at radius 1 is 0.519 bits per heavy atom. The summed E-state index contributed by atoms with van der Waals surface area (Å²) in [6.45, 7) is 20.0. The van der Waals surface area contributed by atoms with Crippen LogP contribution >= 0.6 is 0 Å². The number of benzene rings is 2. The molecule has 0 amide bonds. The third-order valence-electron chi connectivity index (χ3n) is 5.18. The van der Waals surface area contributed by atoms with Crippen molar-refractivity contribution in [1.29, 1.82) is 0 Å². The van der Waals surface area contributed by atoms with Crippen molar-refractivity contribution in [3.63, 3.8) is 0 Å². The lowest BCUT2D eigenvalue weighted by Crippen LogP contribution is -2.13. The molecule has 148 valence electrons. The van der Waals surface area contributed by atoms with Gasteiger partial charge in [-0.2, -0.15) is 6.67 Å². The SMILES string of the molecule is CC(C)c1cccc(C(C)C)c1N[CH-]Nc1c(C(C)C)cccc1C(C)C. The molecule has 2 aromatic carbocycles. The second-order valence-electron chi connectivity index (χ2n) is 8.67. The Morgan fingerprint density at radius 3 is 1.00 bits per heavy atom. The number of rotatable bonds is 8. The first-order valence-electron chi connectivity index (χ1n) is 10.3. The summed E-state index contributed by atoms with van der Waals surface area (Å²) < 4.78 is 0. The van der Waals surface area contributed by atoms with Gasteiger partial charge in [0.15, 0.2) is 0 Å². The molecule has 0 heterocycles. The number of anilines is 2. The Hall–Kier alpha value is -1.96. The Kier molecular flexibility index (Phi) is 7.35. The number of hydrogen-bond donors (Lipinski definition) is 2. The van der Waals surface area contributed by atoms with Crippen molar-refractivity contribution in [3.8, 4) is 0 Å². The van der Waals surface area contributed by atoms with Gasteiger partial charge in [0, 0.05) is 11.4 Å². The molecule has 0 unspecified atom stereocenters. The van der Waals surface area contributed by atoms with E-state index in [1.165, 1.54) is 33.6 Å². The molecule has 0 aliphatic rings. The maximum atomic E-state index is 3.59. The van der Waals surface area contributed by atoms with E-state index in [1.54, 1.807) is 0 Å². The number of para-hydroxylation sites is 2. The molecule has 2 aromatic rings. The van der Waals surface area contributed by atoms with Gasteiger partial charge in [0.1, 0.15) is 0 Å². The minimum absolute atomic E-state index is 0.480. The number of hydrogen-bond acceptors (Lipinski definition) is 2. The zero-order valence-corrected chi connectivity index (χ0v) is 18.4. The summed E-state index contributed by atoms with van der Waals surface area (Å²) in [5.41, 5.74) is 7.92. The highest BCUT2D eigenvalue weighted by atomic mass is 15.1. The molecular formula is C25H37N2-. The Balaban J connectivity index is 2.30. The molecule has 0 saturated carbocycles. The van der Waals surface area contributed by atoms with Crippen LogP contribution in [0.2, 0.25) is 0 Å². The van der Waals surface area contributed by atoms with Crippen LogP contribution in [0.25, 0.3) is 0 Å². The Labute approximate surface area is 166 Å². The van der Waals surface area contributed by atoms with Gasteiger partial charge in [0.2, 0.25) is 0 Å². The Bertz CT molecular complexity index is 626. The van der Waals surface area contributed by atoms with E-state index in [2.05, 4.69) is 102 Å². The molecule has 0 aromatic heterocycles. The molecule has 27 heavy (non-hydrogen) atoms. The van der Waals surface area contributed by atoms with Gasteiger partial charge in [0.05, 0.1) is 0 Å². The second kappa shape index (κ2) is 9.30. The average Bonchev–Trinajstić information content (AvgIpc) is 2.61. The van der Waals surface area contributed by atoms with Crippen molar-refractivity contribution in [1.82, 2.24) is 0 Å². The summed E-state index contributed by atoms with van der Waals surface area (Å²) in [5.74, 6) is 1.92. The fourth-order valence-electron chi connectivity index (χ4n) is 3.62. The second-order valence-corrected chi connectivity index (χ2v) is 8.67. The average molecular weight is 366 g/mol. The van der Waals surface area contributed by atoms with Crippen LogP contribution in [0.5, 0.6) is 0 Å². The molecule has 0 radical (unpaired) electrons. The predicted octanol–water partition coefficient (Wildman–Crippen LogP) is 7.82. The van der Waals surface area contributed by atoms with E-state index in [9.17, 15) is 0 Å². The molecule has 2 N–H and O–H groups in total. The lowest BCUT2D eigenvalue weighted by atomic mass is 9.92. The largest absolute Gasteiger partial charge is 0.516 e. The van der Waals surface area contributed by atoms with E-state index in [-0.39, 0.29) is 0 Å². The first-order chi connectivity index (χ1) is 12.7. The maximum Gasteiger partial charge on any atom is 0.0131 e. The third kappa shape index (κ3) is 5.06. The van der Waals surface area contributed by atoms with Gasteiger partial charge >= 0.3 is 0 Å². The molecule has 0 spiro atoms.